The predicted octanol–water partition coefficient (Wildman–Crippen LogP) is 1.16. The van der Waals surface area contributed by atoms with Crippen molar-refractivity contribution in [2.24, 2.45) is 5.73 Å². The topological polar surface area (TPSA) is 118 Å². The van der Waals surface area contributed by atoms with E-state index in [0.717, 1.165) is 0 Å². The zero-order valence-electron chi connectivity index (χ0n) is 9.95. The zero-order valence-corrected chi connectivity index (χ0v) is 9.95. The average Bonchev–Trinajstić information content (AvgIpc) is 2.24. The highest BCUT2D eigenvalue weighted by molar-refractivity contribution is 5.64. The van der Waals surface area contributed by atoms with Crippen LogP contribution in [-0.4, -0.2) is 28.7 Å². The second kappa shape index (κ2) is 5.80. The van der Waals surface area contributed by atoms with Crippen LogP contribution in [0.1, 0.15) is 12.6 Å². The molecule has 1 amide bonds. The largest absolute Gasteiger partial charge is 0.474 e. The second-order valence-corrected chi connectivity index (χ2v) is 3.62. The third-order valence-electron chi connectivity index (χ3n) is 1.91. The smallest absolute Gasteiger partial charge is 0.404 e. The van der Waals surface area contributed by atoms with Gasteiger partial charge >= 0.3 is 6.09 Å². The number of nitrogens with two attached hydrogens (primary N) is 1. The summed E-state index contributed by atoms with van der Waals surface area (Å²) in [6.07, 6.45) is -1.47. The molecule has 1 rings (SSSR count). The Labute approximate surface area is 103 Å². The Balaban J connectivity index is 2.67. The van der Waals surface area contributed by atoms with Crippen LogP contribution >= 0.6 is 0 Å². The van der Waals surface area contributed by atoms with E-state index in [0.29, 0.717) is 5.69 Å². The van der Waals surface area contributed by atoms with E-state index in [1.54, 1.807) is 13.8 Å². The van der Waals surface area contributed by atoms with E-state index in [4.69, 9.17) is 10.5 Å². The third-order valence-corrected chi connectivity index (χ3v) is 1.91. The van der Waals surface area contributed by atoms with Gasteiger partial charge in [0.25, 0.3) is 5.69 Å². The van der Waals surface area contributed by atoms with Crippen LogP contribution in [0, 0.1) is 17.0 Å². The number of carbonyl (C=O) groups excluding carboxylic acids is 1. The maximum atomic E-state index is 10.6. The number of nitro groups is 1. The van der Waals surface area contributed by atoms with Crippen LogP contribution in [0.3, 0.4) is 0 Å². The Bertz CT molecular complexity index is 463. The van der Waals surface area contributed by atoms with Crippen LogP contribution in [0.25, 0.3) is 0 Å². The number of carbonyl (C=O) groups is 1. The van der Waals surface area contributed by atoms with Gasteiger partial charge in [0.05, 0.1) is 11.0 Å². The number of aromatic nitrogens is 1. The molecule has 1 aromatic heterocycles. The molecule has 0 aliphatic heterocycles. The first-order valence-corrected chi connectivity index (χ1v) is 5.10. The summed E-state index contributed by atoms with van der Waals surface area (Å²) in [6, 6.07) is 2.53. The molecule has 0 fully saturated rings. The lowest BCUT2D eigenvalue weighted by Gasteiger charge is -2.12. The van der Waals surface area contributed by atoms with Gasteiger partial charge in [0.2, 0.25) is 5.88 Å². The summed E-state index contributed by atoms with van der Waals surface area (Å²) in [5, 5.41) is 10.6. The first kappa shape index (κ1) is 13.7. The lowest BCUT2D eigenvalue weighted by atomic mass is 10.3. The van der Waals surface area contributed by atoms with Gasteiger partial charge in [-0.05, 0) is 13.8 Å². The van der Waals surface area contributed by atoms with Gasteiger partial charge in [0, 0.05) is 11.8 Å². The molecule has 0 spiro atoms. The summed E-state index contributed by atoms with van der Waals surface area (Å²) in [5.74, 6) is 0.0987. The number of hydrogen-bond donors (Lipinski definition) is 1. The molecule has 0 saturated carbocycles. The molecule has 1 heterocycles. The Hall–Kier alpha value is -2.38. The molecule has 0 bridgehead atoms. The molecule has 1 aromatic rings. The molecule has 0 saturated heterocycles. The molecule has 2 N–H and O–H groups in total. The number of amides is 1. The molecule has 0 aromatic carbocycles. The van der Waals surface area contributed by atoms with Gasteiger partial charge in [0.1, 0.15) is 12.7 Å². The number of nitrogens with zero attached hydrogens (tertiary/aromatic N) is 2. The number of pyridine rings is 1. The summed E-state index contributed by atoms with van der Waals surface area (Å²) in [6.45, 7) is 3.20. The van der Waals surface area contributed by atoms with E-state index in [1.165, 1.54) is 12.1 Å². The minimum Gasteiger partial charge on any atom is -0.474 e. The molecular weight excluding hydrogens is 242 g/mol. The van der Waals surface area contributed by atoms with Crippen molar-refractivity contribution in [2.75, 3.05) is 6.61 Å². The van der Waals surface area contributed by atoms with Crippen molar-refractivity contribution in [3.8, 4) is 5.88 Å². The molecule has 0 radical (unpaired) electrons. The van der Waals surface area contributed by atoms with Gasteiger partial charge in [-0.2, -0.15) is 0 Å². The Morgan fingerprint density at radius 3 is 2.83 bits per heavy atom. The highest BCUT2D eigenvalue weighted by atomic mass is 16.6. The van der Waals surface area contributed by atoms with Crippen LogP contribution in [0.15, 0.2) is 12.1 Å². The quantitative estimate of drug-likeness (QED) is 0.623. The van der Waals surface area contributed by atoms with Gasteiger partial charge in [-0.25, -0.2) is 9.78 Å². The van der Waals surface area contributed by atoms with E-state index in [9.17, 15) is 14.9 Å². The number of rotatable bonds is 5. The van der Waals surface area contributed by atoms with Crippen LogP contribution in [-0.2, 0) is 4.74 Å². The zero-order chi connectivity index (χ0) is 13.7. The van der Waals surface area contributed by atoms with Gasteiger partial charge in [0.15, 0.2) is 0 Å². The monoisotopic (exact) mass is 255 g/mol. The second-order valence-electron chi connectivity index (χ2n) is 3.62. The molecule has 1 atom stereocenters. The first-order chi connectivity index (χ1) is 8.38. The number of hydrogen-bond acceptors (Lipinski definition) is 6. The van der Waals surface area contributed by atoms with Crippen molar-refractivity contribution >= 4 is 11.8 Å². The Kier molecular flexibility index (Phi) is 4.41. The minimum atomic E-state index is -0.908. The van der Waals surface area contributed by atoms with Crippen molar-refractivity contribution in [1.29, 1.82) is 0 Å². The first-order valence-electron chi connectivity index (χ1n) is 5.10. The lowest BCUT2D eigenvalue weighted by molar-refractivity contribution is -0.385. The molecule has 0 aliphatic rings. The van der Waals surface area contributed by atoms with Crippen molar-refractivity contribution in [3.63, 3.8) is 0 Å². The third kappa shape index (κ3) is 4.24. The fraction of sp³-hybridized carbons (Fsp3) is 0.400. The normalized spacial score (nSPS) is 11.7. The fourth-order valence-corrected chi connectivity index (χ4v) is 1.23. The van der Waals surface area contributed by atoms with Gasteiger partial charge in [-0.15, -0.1) is 0 Å². The summed E-state index contributed by atoms with van der Waals surface area (Å²) < 4.78 is 9.82. The van der Waals surface area contributed by atoms with Crippen molar-refractivity contribution in [2.45, 2.75) is 20.0 Å². The molecular formula is C10H13N3O5. The summed E-state index contributed by atoms with van der Waals surface area (Å²) in [5.41, 5.74) is 5.18. The Morgan fingerprint density at radius 2 is 2.28 bits per heavy atom. The molecule has 8 nitrogen and oxygen atoms in total. The van der Waals surface area contributed by atoms with E-state index < -0.39 is 17.1 Å². The van der Waals surface area contributed by atoms with Gasteiger partial charge in [-0.1, -0.05) is 0 Å². The molecule has 0 aliphatic carbocycles. The number of primary amides is 1. The van der Waals surface area contributed by atoms with E-state index in [2.05, 4.69) is 9.72 Å². The van der Waals surface area contributed by atoms with Crippen LogP contribution in [0.2, 0.25) is 0 Å². The van der Waals surface area contributed by atoms with E-state index in [-0.39, 0.29) is 18.2 Å². The maximum absolute atomic E-state index is 10.6. The number of aryl methyl sites for hydroxylation is 1. The minimum absolute atomic E-state index is 0.0105. The molecule has 18 heavy (non-hydrogen) atoms. The fourth-order valence-electron chi connectivity index (χ4n) is 1.23. The molecule has 8 heteroatoms. The standard InChI is InChI=1S/C10H13N3O5/c1-6-3-8(13(15)16)4-9(12-6)17-5-7(2)18-10(11)14/h3-4,7H,5H2,1-2H3,(H2,11,14). The van der Waals surface area contributed by atoms with E-state index in [1.807, 2.05) is 0 Å². The van der Waals surface area contributed by atoms with Gasteiger partial charge in [-0.3, -0.25) is 10.1 Å². The predicted molar refractivity (Wildman–Crippen MR) is 61.3 cm³/mol. The van der Waals surface area contributed by atoms with E-state index >= 15 is 0 Å². The van der Waals surface area contributed by atoms with Crippen LogP contribution < -0.4 is 10.5 Å². The van der Waals surface area contributed by atoms with Crippen LogP contribution in [0.4, 0.5) is 10.5 Å². The number of ether oxygens (including phenoxy) is 2. The highest BCUT2D eigenvalue weighted by Crippen LogP contribution is 2.18. The molecule has 98 valence electrons. The lowest BCUT2D eigenvalue weighted by Crippen LogP contribution is -2.25. The molecule has 1 unspecified atom stereocenters. The van der Waals surface area contributed by atoms with Crippen molar-refractivity contribution in [3.05, 3.63) is 27.9 Å². The Morgan fingerprint density at radius 1 is 1.61 bits per heavy atom. The summed E-state index contributed by atoms with van der Waals surface area (Å²) >= 11 is 0. The summed E-state index contributed by atoms with van der Waals surface area (Å²) in [7, 11) is 0. The summed E-state index contributed by atoms with van der Waals surface area (Å²) in [4.78, 5) is 24.5. The SMILES string of the molecule is Cc1cc([N+](=O)[O-])cc(OCC(C)OC(N)=O)n1. The van der Waals surface area contributed by atoms with Crippen LogP contribution in [0.5, 0.6) is 5.88 Å². The van der Waals surface area contributed by atoms with Crippen molar-refractivity contribution < 1.29 is 19.2 Å². The average molecular weight is 255 g/mol. The van der Waals surface area contributed by atoms with Gasteiger partial charge < -0.3 is 15.2 Å². The maximum Gasteiger partial charge on any atom is 0.404 e. The van der Waals surface area contributed by atoms with Crippen molar-refractivity contribution in [1.82, 2.24) is 4.98 Å². The highest BCUT2D eigenvalue weighted by Gasteiger charge is 2.12.